The van der Waals surface area contributed by atoms with Crippen molar-refractivity contribution in [3.63, 3.8) is 0 Å². The second-order valence-corrected chi connectivity index (χ2v) is 17.7. The van der Waals surface area contributed by atoms with Crippen molar-refractivity contribution in [1.82, 2.24) is 15.0 Å². The molecule has 2 heterocycles. The number of anilines is 3. The zero-order chi connectivity index (χ0) is 44.6. The minimum Gasteiger partial charge on any atom is -0.461 e. The quantitative estimate of drug-likeness (QED) is 0.160. The van der Waals surface area contributed by atoms with Gasteiger partial charge in [-0.25, -0.2) is 15.0 Å². The normalized spacial score (nSPS) is 15.8. The van der Waals surface area contributed by atoms with Gasteiger partial charge in [-0.3, -0.25) is 0 Å². The standard InChI is InChI=1S/C46H37NO.C15H11N3/c1-30-12-9-21-43-44(30)38-29-34(24-27-42(38)48-43)33-15-10-16-36(28-33)47(35-25-22-32(23-26-35)31-13-5-4-6-14-31)41-20-11-19-40-45(41)37-17-7-8-18-39(37)46(40,2)3;1-3-7-12(8-4-1)14-16-11-17-15(18-14)13-9-5-2-6-10-13/h4-30,44H,1-3H3;1-11H. The number of hydrogen-bond donors (Lipinski definition) is 0. The van der Waals surface area contributed by atoms with E-state index in [4.69, 9.17) is 4.74 Å². The van der Waals surface area contributed by atoms with Crippen LogP contribution in [0.4, 0.5) is 17.1 Å². The van der Waals surface area contributed by atoms with E-state index >= 15 is 0 Å². The van der Waals surface area contributed by atoms with Gasteiger partial charge in [-0.05, 0) is 93.4 Å². The van der Waals surface area contributed by atoms with Crippen LogP contribution in [0.1, 0.15) is 43.4 Å². The van der Waals surface area contributed by atoms with E-state index in [9.17, 15) is 0 Å². The molecule has 1 aromatic heterocycles. The smallest absolute Gasteiger partial charge is 0.163 e. The molecule has 9 aromatic rings. The van der Waals surface area contributed by atoms with E-state index in [1.54, 1.807) is 6.33 Å². The maximum atomic E-state index is 6.28. The van der Waals surface area contributed by atoms with Gasteiger partial charge in [0.25, 0.3) is 0 Å². The van der Waals surface area contributed by atoms with Crippen LogP contribution >= 0.6 is 0 Å². The Morgan fingerprint density at radius 1 is 0.515 bits per heavy atom. The highest BCUT2D eigenvalue weighted by Gasteiger charge is 2.38. The average Bonchev–Trinajstić information content (AvgIpc) is 3.88. The SMILES string of the molecule is CC1C=CC=C2Oc3ccc(-c4cccc(N(c5ccc(-c6ccccc6)cc5)c5cccc6c5-c5ccccc5C6(C)C)c4)cc3C21.c1ccc(-c2ncnc(-c3ccccc3)n2)cc1. The summed E-state index contributed by atoms with van der Waals surface area (Å²) < 4.78 is 6.28. The van der Waals surface area contributed by atoms with Gasteiger partial charge >= 0.3 is 0 Å². The van der Waals surface area contributed by atoms with Crippen molar-refractivity contribution < 1.29 is 4.74 Å². The third kappa shape index (κ3) is 7.48. The van der Waals surface area contributed by atoms with Gasteiger partial charge < -0.3 is 9.64 Å². The molecule has 0 fully saturated rings. The minimum absolute atomic E-state index is 0.0855. The lowest BCUT2D eigenvalue weighted by Gasteiger charge is -2.29. The molecule has 2 atom stereocenters. The molecule has 1 aliphatic heterocycles. The van der Waals surface area contributed by atoms with Crippen LogP contribution in [0.25, 0.3) is 56.2 Å². The molecule has 0 amide bonds. The summed E-state index contributed by atoms with van der Waals surface area (Å²) in [7, 11) is 0. The molecule has 8 aromatic carbocycles. The number of aromatic nitrogens is 3. The first-order valence-electron chi connectivity index (χ1n) is 22.7. The van der Waals surface area contributed by atoms with E-state index < -0.39 is 0 Å². The fourth-order valence-electron chi connectivity index (χ4n) is 9.88. The van der Waals surface area contributed by atoms with Gasteiger partial charge in [0.15, 0.2) is 11.6 Å². The summed E-state index contributed by atoms with van der Waals surface area (Å²) in [6.45, 7) is 6.98. The Balaban J connectivity index is 0.000000223. The van der Waals surface area contributed by atoms with Crippen LogP contribution in [0.3, 0.4) is 0 Å². The van der Waals surface area contributed by atoms with E-state index in [-0.39, 0.29) is 11.3 Å². The number of allylic oxidation sites excluding steroid dienone is 4. The first kappa shape index (κ1) is 40.6. The molecule has 2 aliphatic carbocycles. The largest absolute Gasteiger partial charge is 0.461 e. The molecule has 0 saturated carbocycles. The summed E-state index contributed by atoms with van der Waals surface area (Å²) in [5, 5.41) is 0. The molecule has 5 heteroatoms. The molecule has 5 nitrogen and oxygen atoms in total. The second-order valence-electron chi connectivity index (χ2n) is 17.7. The molecule has 3 aliphatic rings. The molecular weight excluding hydrogens is 805 g/mol. The van der Waals surface area contributed by atoms with Crippen molar-refractivity contribution in [1.29, 1.82) is 0 Å². The Morgan fingerprint density at radius 3 is 1.80 bits per heavy atom. The predicted octanol–water partition coefficient (Wildman–Crippen LogP) is 15.6. The zero-order valence-corrected chi connectivity index (χ0v) is 37.2. The predicted molar refractivity (Wildman–Crippen MR) is 270 cm³/mol. The molecule has 0 spiro atoms. The first-order chi connectivity index (χ1) is 32.4. The topological polar surface area (TPSA) is 51.1 Å². The minimum atomic E-state index is -0.0855. The fourth-order valence-corrected chi connectivity index (χ4v) is 9.88. The second kappa shape index (κ2) is 17.1. The van der Waals surface area contributed by atoms with Gasteiger partial charge in [0, 0.05) is 39.0 Å². The van der Waals surface area contributed by atoms with Gasteiger partial charge in [0.05, 0.1) is 11.6 Å². The van der Waals surface area contributed by atoms with E-state index in [1.807, 2.05) is 60.7 Å². The summed E-state index contributed by atoms with van der Waals surface area (Å²) in [6, 6.07) is 70.8. The van der Waals surface area contributed by atoms with Gasteiger partial charge in [0.2, 0.25) is 0 Å². The lowest BCUT2D eigenvalue weighted by molar-refractivity contribution is 0.404. The molecule has 12 rings (SSSR count). The van der Waals surface area contributed by atoms with E-state index in [0.29, 0.717) is 17.6 Å². The lowest BCUT2D eigenvalue weighted by atomic mass is 9.82. The van der Waals surface area contributed by atoms with Crippen molar-refractivity contribution in [2.45, 2.75) is 32.1 Å². The Kier molecular flexibility index (Phi) is 10.5. The molecule has 0 radical (unpaired) electrons. The Labute approximate surface area is 387 Å². The van der Waals surface area contributed by atoms with Crippen LogP contribution in [0, 0.1) is 5.92 Å². The summed E-state index contributed by atoms with van der Waals surface area (Å²) in [4.78, 5) is 15.4. The van der Waals surface area contributed by atoms with E-state index in [2.05, 4.69) is 198 Å². The van der Waals surface area contributed by atoms with Crippen LogP contribution in [-0.4, -0.2) is 15.0 Å². The third-order valence-corrected chi connectivity index (χ3v) is 13.2. The number of benzene rings is 8. The Morgan fingerprint density at radius 2 is 1.09 bits per heavy atom. The number of ether oxygens (including phenoxy) is 1. The Bertz CT molecular complexity index is 3210. The van der Waals surface area contributed by atoms with Gasteiger partial charge in [-0.1, -0.05) is 191 Å². The van der Waals surface area contributed by atoms with Crippen LogP contribution in [0.2, 0.25) is 0 Å². The average molecular weight is 853 g/mol. The summed E-state index contributed by atoms with van der Waals surface area (Å²) in [5.41, 5.74) is 16.8. The van der Waals surface area contributed by atoms with Gasteiger partial charge in [-0.2, -0.15) is 0 Å². The zero-order valence-electron chi connectivity index (χ0n) is 37.2. The van der Waals surface area contributed by atoms with Crippen LogP contribution in [0.5, 0.6) is 5.75 Å². The molecule has 0 bridgehead atoms. The number of nitrogens with zero attached hydrogens (tertiary/aromatic N) is 4. The van der Waals surface area contributed by atoms with Crippen molar-refractivity contribution >= 4 is 17.1 Å². The fraction of sp³-hybridized carbons (Fsp3) is 0.0984. The molecule has 318 valence electrons. The molecule has 2 unspecified atom stereocenters. The highest BCUT2D eigenvalue weighted by atomic mass is 16.5. The van der Waals surface area contributed by atoms with Crippen LogP contribution < -0.4 is 9.64 Å². The van der Waals surface area contributed by atoms with E-state index in [1.165, 1.54) is 55.8 Å². The lowest BCUT2D eigenvalue weighted by Crippen LogP contribution is -2.16. The van der Waals surface area contributed by atoms with Gasteiger partial charge in [0.1, 0.15) is 17.8 Å². The highest BCUT2D eigenvalue weighted by molar-refractivity contribution is 5.95. The van der Waals surface area contributed by atoms with Crippen molar-refractivity contribution in [3.05, 3.63) is 247 Å². The van der Waals surface area contributed by atoms with E-state index in [0.717, 1.165) is 34.0 Å². The number of fused-ring (bicyclic) bond motifs is 6. The molecule has 66 heavy (non-hydrogen) atoms. The van der Waals surface area contributed by atoms with Crippen molar-refractivity contribution in [2.75, 3.05) is 4.90 Å². The van der Waals surface area contributed by atoms with Crippen LogP contribution in [0.15, 0.2) is 231 Å². The number of rotatable bonds is 7. The third-order valence-electron chi connectivity index (χ3n) is 13.2. The number of hydrogen-bond acceptors (Lipinski definition) is 5. The van der Waals surface area contributed by atoms with Crippen LogP contribution in [-0.2, 0) is 5.41 Å². The molecule has 0 N–H and O–H groups in total. The summed E-state index contributed by atoms with van der Waals surface area (Å²) >= 11 is 0. The maximum absolute atomic E-state index is 6.28. The summed E-state index contributed by atoms with van der Waals surface area (Å²) in [6.07, 6.45) is 8.06. The summed E-state index contributed by atoms with van der Waals surface area (Å²) in [5.74, 6) is 4.09. The van der Waals surface area contributed by atoms with Crippen molar-refractivity contribution in [3.8, 4) is 61.9 Å². The molecule has 0 saturated heterocycles. The van der Waals surface area contributed by atoms with Crippen molar-refractivity contribution in [2.24, 2.45) is 5.92 Å². The first-order valence-corrected chi connectivity index (χ1v) is 22.7. The molecular formula is C61H48N4O. The monoisotopic (exact) mass is 852 g/mol. The highest BCUT2D eigenvalue weighted by Crippen LogP contribution is 2.54. The maximum Gasteiger partial charge on any atom is 0.163 e. The van der Waals surface area contributed by atoms with Gasteiger partial charge in [-0.15, -0.1) is 0 Å². The Hall–Kier alpha value is -8.15.